The van der Waals surface area contributed by atoms with Crippen LogP contribution < -0.4 is 11.1 Å². The van der Waals surface area contributed by atoms with E-state index in [4.69, 9.17) is 5.73 Å². The summed E-state index contributed by atoms with van der Waals surface area (Å²) in [5.41, 5.74) is 6.09. The quantitative estimate of drug-likeness (QED) is 0.830. The van der Waals surface area contributed by atoms with Gasteiger partial charge in [-0.25, -0.2) is 0 Å². The van der Waals surface area contributed by atoms with Crippen LogP contribution >= 0.6 is 11.3 Å². The molecule has 0 fully saturated rings. The van der Waals surface area contributed by atoms with Gasteiger partial charge in [-0.2, -0.15) is 0 Å². The van der Waals surface area contributed by atoms with Crippen molar-refractivity contribution in [3.63, 3.8) is 0 Å². The number of nitrogens with two attached hydrogens (primary N) is 1. The van der Waals surface area contributed by atoms with Crippen LogP contribution in [0, 0.1) is 12.3 Å². The van der Waals surface area contributed by atoms with Gasteiger partial charge < -0.3 is 11.1 Å². The molecule has 0 aliphatic rings. The summed E-state index contributed by atoms with van der Waals surface area (Å²) in [5.74, 6) is 0. The fourth-order valence-electron chi connectivity index (χ4n) is 1.31. The lowest BCUT2D eigenvalue weighted by atomic mass is 9.75. The van der Waals surface area contributed by atoms with Gasteiger partial charge in [-0.3, -0.25) is 0 Å². The Labute approximate surface area is 103 Å². The maximum absolute atomic E-state index is 6.16. The van der Waals surface area contributed by atoms with Crippen molar-refractivity contribution in [1.82, 2.24) is 5.32 Å². The molecule has 1 aromatic heterocycles. The van der Waals surface area contributed by atoms with Gasteiger partial charge in [-0.05, 0) is 38.3 Å². The molecule has 92 valence electrons. The highest BCUT2D eigenvalue weighted by atomic mass is 32.1. The molecule has 1 aromatic rings. The van der Waals surface area contributed by atoms with Crippen molar-refractivity contribution in [3.05, 3.63) is 21.9 Å². The van der Waals surface area contributed by atoms with E-state index in [-0.39, 0.29) is 11.0 Å². The minimum absolute atomic E-state index is 0.0965. The van der Waals surface area contributed by atoms with Gasteiger partial charge in [0.2, 0.25) is 0 Å². The molecule has 0 bridgehead atoms. The van der Waals surface area contributed by atoms with E-state index < -0.39 is 0 Å². The predicted octanol–water partition coefficient (Wildman–Crippen LogP) is 2.91. The molecule has 0 radical (unpaired) electrons. The van der Waals surface area contributed by atoms with E-state index >= 15 is 0 Å². The summed E-state index contributed by atoms with van der Waals surface area (Å²) in [6, 6.07) is 4.35. The zero-order valence-electron chi connectivity index (χ0n) is 11.1. The lowest BCUT2D eigenvalue weighted by molar-refractivity contribution is 0.195. The van der Waals surface area contributed by atoms with Gasteiger partial charge in [0.25, 0.3) is 0 Å². The van der Waals surface area contributed by atoms with Crippen LogP contribution in [-0.4, -0.2) is 12.1 Å². The minimum atomic E-state index is -0.161. The highest BCUT2D eigenvalue weighted by molar-refractivity contribution is 7.11. The first-order valence-corrected chi connectivity index (χ1v) is 6.59. The zero-order chi connectivity index (χ0) is 12.4. The number of rotatable bonds is 5. The van der Waals surface area contributed by atoms with Crippen molar-refractivity contribution >= 4 is 11.3 Å². The first-order valence-electron chi connectivity index (χ1n) is 5.77. The molecular formula is C13H24N2S. The summed E-state index contributed by atoms with van der Waals surface area (Å²) in [7, 11) is 0. The molecule has 1 heterocycles. The molecule has 1 rings (SSSR count). The second-order valence-electron chi connectivity index (χ2n) is 5.72. The Bertz CT molecular complexity index is 334. The summed E-state index contributed by atoms with van der Waals surface area (Å²) in [4.78, 5) is 2.76. The Morgan fingerprint density at radius 1 is 1.25 bits per heavy atom. The third-order valence-corrected chi connectivity index (χ3v) is 4.41. The molecule has 0 aromatic carbocycles. The average molecular weight is 240 g/mol. The van der Waals surface area contributed by atoms with E-state index in [0.717, 1.165) is 13.1 Å². The van der Waals surface area contributed by atoms with Crippen molar-refractivity contribution in [1.29, 1.82) is 0 Å². The van der Waals surface area contributed by atoms with E-state index in [1.165, 1.54) is 9.75 Å². The molecule has 0 aliphatic heterocycles. The third-order valence-electron chi connectivity index (χ3n) is 3.41. The topological polar surface area (TPSA) is 38.0 Å². The van der Waals surface area contributed by atoms with Crippen molar-refractivity contribution < 1.29 is 0 Å². The lowest BCUT2D eigenvalue weighted by Gasteiger charge is -2.38. The summed E-state index contributed by atoms with van der Waals surface area (Å²) in [6.45, 7) is 12.6. The molecule has 0 saturated heterocycles. The van der Waals surface area contributed by atoms with Gasteiger partial charge in [0, 0.05) is 28.4 Å². The second-order valence-corrected chi connectivity index (χ2v) is 7.09. The van der Waals surface area contributed by atoms with Crippen LogP contribution in [0.4, 0.5) is 0 Å². The highest BCUT2D eigenvalue weighted by Gasteiger charge is 2.32. The lowest BCUT2D eigenvalue weighted by Crippen LogP contribution is -2.52. The fraction of sp³-hybridized carbons (Fsp3) is 0.692. The molecular weight excluding hydrogens is 216 g/mol. The van der Waals surface area contributed by atoms with Crippen LogP contribution in [0.25, 0.3) is 0 Å². The molecule has 0 aliphatic carbocycles. The Hall–Kier alpha value is -0.380. The number of aryl methyl sites for hydroxylation is 1. The number of hydrogen-bond donors (Lipinski definition) is 2. The standard InChI is InChI=1S/C13H24N2S/c1-10-6-7-11(16-10)8-15-9-12(2,3)13(4,5)14/h6-7,15H,8-9,14H2,1-5H3. The van der Waals surface area contributed by atoms with Gasteiger partial charge in [0.15, 0.2) is 0 Å². The van der Waals surface area contributed by atoms with Gasteiger partial charge in [0.1, 0.15) is 0 Å². The van der Waals surface area contributed by atoms with Gasteiger partial charge in [-0.1, -0.05) is 13.8 Å². The SMILES string of the molecule is Cc1ccc(CNCC(C)(C)C(C)(C)N)s1. The van der Waals surface area contributed by atoms with E-state index in [9.17, 15) is 0 Å². The third kappa shape index (κ3) is 3.58. The molecule has 16 heavy (non-hydrogen) atoms. The van der Waals surface area contributed by atoms with Crippen LogP contribution in [0.1, 0.15) is 37.4 Å². The molecule has 3 N–H and O–H groups in total. The van der Waals surface area contributed by atoms with Crippen LogP contribution in [-0.2, 0) is 6.54 Å². The van der Waals surface area contributed by atoms with Crippen LogP contribution in [0.2, 0.25) is 0 Å². The fourth-order valence-corrected chi connectivity index (χ4v) is 2.17. The molecule has 2 nitrogen and oxygen atoms in total. The second kappa shape index (κ2) is 4.86. The average Bonchev–Trinajstić information content (AvgIpc) is 2.49. The van der Waals surface area contributed by atoms with Crippen molar-refractivity contribution in [2.24, 2.45) is 11.1 Å². The minimum Gasteiger partial charge on any atom is -0.325 e. The van der Waals surface area contributed by atoms with Gasteiger partial charge in [-0.15, -0.1) is 11.3 Å². The normalized spacial score (nSPS) is 13.1. The van der Waals surface area contributed by atoms with Gasteiger partial charge in [0.05, 0.1) is 0 Å². The smallest absolute Gasteiger partial charge is 0.0300 e. The zero-order valence-corrected chi connectivity index (χ0v) is 11.9. The Morgan fingerprint density at radius 2 is 1.88 bits per heavy atom. The van der Waals surface area contributed by atoms with E-state index in [1.807, 2.05) is 11.3 Å². The molecule has 0 spiro atoms. The van der Waals surface area contributed by atoms with Crippen molar-refractivity contribution in [2.75, 3.05) is 6.54 Å². The molecule has 0 unspecified atom stereocenters. The first-order chi connectivity index (χ1) is 7.22. The molecule has 0 saturated carbocycles. The summed E-state index contributed by atoms with van der Waals surface area (Å²) in [5, 5.41) is 3.49. The maximum atomic E-state index is 6.16. The summed E-state index contributed by atoms with van der Waals surface area (Å²) >= 11 is 1.85. The Balaban J connectivity index is 2.41. The van der Waals surface area contributed by atoms with Crippen LogP contribution in [0.3, 0.4) is 0 Å². The van der Waals surface area contributed by atoms with Gasteiger partial charge >= 0.3 is 0 Å². The van der Waals surface area contributed by atoms with Crippen LogP contribution in [0.15, 0.2) is 12.1 Å². The van der Waals surface area contributed by atoms with Crippen molar-refractivity contribution in [3.8, 4) is 0 Å². The summed E-state index contributed by atoms with van der Waals surface area (Å²) < 4.78 is 0. The Kier molecular flexibility index (Phi) is 4.16. The van der Waals surface area contributed by atoms with E-state index in [1.54, 1.807) is 0 Å². The monoisotopic (exact) mass is 240 g/mol. The number of thiophene rings is 1. The molecule has 0 amide bonds. The van der Waals surface area contributed by atoms with E-state index in [2.05, 4.69) is 52.1 Å². The van der Waals surface area contributed by atoms with Crippen molar-refractivity contribution in [2.45, 2.75) is 46.7 Å². The maximum Gasteiger partial charge on any atom is 0.0300 e. The predicted molar refractivity (Wildman–Crippen MR) is 72.8 cm³/mol. The Morgan fingerprint density at radius 3 is 2.31 bits per heavy atom. The summed E-state index contributed by atoms with van der Waals surface area (Å²) in [6.07, 6.45) is 0. The first kappa shape index (κ1) is 13.7. The van der Waals surface area contributed by atoms with Crippen LogP contribution in [0.5, 0.6) is 0 Å². The number of hydrogen-bond acceptors (Lipinski definition) is 3. The highest BCUT2D eigenvalue weighted by Crippen LogP contribution is 2.27. The molecule has 0 atom stereocenters. The van der Waals surface area contributed by atoms with E-state index in [0.29, 0.717) is 0 Å². The number of nitrogens with one attached hydrogen (secondary N) is 1. The largest absolute Gasteiger partial charge is 0.325 e. The molecule has 3 heteroatoms.